The Kier molecular flexibility index (Phi) is 9.14. The van der Waals surface area contributed by atoms with Crippen LogP contribution in [0.5, 0.6) is 0 Å². The van der Waals surface area contributed by atoms with Crippen LogP contribution in [0.2, 0.25) is 0 Å². The number of carboxylic acids is 1. The van der Waals surface area contributed by atoms with E-state index in [0.29, 0.717) is 52.6 Å². The first kappa shape index (κ1) is 33.4. The number of benzene rings is 1. The highest BCUT2D eigenvalue weighted by molar-refractivity contribution is 5.76. The van der Waals surface area contributed by atoms with E-state index < -0.39 is 5.97 Å². The summed E-state index contributed by atoms with van der Waals surface area (Å²) >= 11 is 0. The zero-order valence-electron chi connectivity index (χ0n) is 28.5. The van der Waals surface area contributed by atoms with Crippen molar-refractivity contribution < 1.29 is 24.5 Å². The fraction of sp³-hybridized carbons (Fsp3) is 0.789. The lowest BCUT2D eigenvalue weighted by Crippen LogP contribution is -2.57. The molecule has 6 nitrogen and oxygen atoms in total. The number of carboxylic acid groups (broad SMARTS) is 1. The number of aliphatic carboxylic acids is 1. The smallest absolute Gasteiger partial charge is 0.300 e. The first-order valence-corrected chi connectivity index (χ1v) is 17.6. The molecule has 6 aliphatic rings. The Balaban J connectivity index is 0.000000595. The maximum Gasteiger partial charge on any atom is 0.300 e. The van der Waals surface area contributed by atoms with Crippen molar-refractivity contribution in [3.8, 4) is 0 Å². The molecule has 1 aromatic rings. The Morgan fingerprint density at radius 3 is 2.20 bits per heavy atom. The van der Waals surface area contributed by atoms with E-state index in [0.717, 1.165) is 31.2 Å². The van der Waals surface area contributed by atoms with Crippen LogP contribution in [0.4, 0.5) is 0 Å². The summed E-state index contributed by atoms with van der Waals surface area (Å²) in [5.41, 5.74) is 2.84. The van der Waals surface area contributed by atoms with Gasteiger partial charge in [-0.2, -0.15) is 0 Å². The second-order valence-electron chi connectivity index (χ2n) is 16.1. The SMILES string of the molecule is CC.CC(=O)O.CC1(C)[C@@H](O)CC[C@]23C[C@]24CC[C@]2(C)[C@H]5CCC(CC(=O)NCc6ccccc6)OC5C[C@@]2(C)C4CC[C@@H]13. The molecule has 10 atom stereocenters. The van der Waals surface area contributed by atoms with E-state index in [-0.39, 0.29) is 23.5 Å². The molecule has 0 radical (unpaired) electrons. The molecule has 2 spiro atoms. The van der Waals surface area contributed by atoms with Gasteiger partial charge in [0.05, 0.1) is 24.7 Å². The number of ether oxygens (including phenoxy) is 1. The fourth-order valence-electron chi connectivity index (χ4n) is 12.1. The van der Waals surface area contributed by atoms with Gasteiger partial charge in [-0.05, 0) is 115 Å². The van der Waals surface area contributed by atoms with E-state index in [9.17, 15) is 9.90 Å². The van der Waals surface area contributed by atoms with E-state index >= 15 is 0 Å². The van der Waals surface area contributed by atoms with Crippen LogP contribution < -0.4 is 5.32 Å². The standard InChI is InChI=1S/C34H49NO3.C2H4O2.C2H6/c1-30(2)26-12-13-27-32(4)19-25-24(31(32,3)16-17-34(27)21-33(26,34)15-14-28(30)36)11-10-23(38-25)18-29(37)35-20-22-8-6-5-7-9-22;1-2(3)4;1-2/h5-9,23-28,36H,10-21H2,1-4H3,(H,35,37);1H3,(H,3,4);1-2H3/t23?,24-,25?,26-,27?,28-,31+,32-,33+,34-;;/m0../s1. The molecule has 6 fully saturated rings. The monoisotopic (exact) mass is 609 g/mol. The average molecular weight is 610 g/mol. The Labute approximate surface area is 266 Å². The Bertz CT molecular complexity index is 1200. The molecule has 1 amide bonds. The van der Waals surface area contributed by atoms with Gasteiger partial charge in [0.15, 0.2) is 0 Å². The summed E-state index contributed by atoms with van der Waals surface area (Å²) in [4.78, 5) is 21.8. The molecule has 246 valence electrons. The zero-order valence-corrected chi connectivity index (χ0v) is 28.5. The highest BCUT2D eigenvalue weighted by Crippen LogP contribution is 2.89. The predicted octanol–water partition coefficient (Wildman–Crippen LogP) is 7.77. The molecule has 1 aromatic carbocycles. The molecule has 3 unspecified atom stereocenters. The average Bonchev–Trinajstić information content (AvgIpc) is 3.59. The van der Waals surface area contributed by atoms with Gasteiger partial charge in [-0.15, -0.1) is 0 Å². The summed E-state index contributed by atoms with van der Waals surface area (Å²) in [7, 11) is 0. The van der Waals surface area contributed by atoms with Gasteiger partial charge in [-0.1, -0.05) is 71.9 Å². The van der Waals surface area contributed by atoms with E-state index in [2.05, 4.69) is 45.1 Å². The maximum atomic E-state index is 12.8. The first-order chi connectivity index (χ1) is 20.8. The van der Waals surface area contributed by atoms with Gasteiger partial charge in [-0.25, -0.2) is 0 Å². The summed E-state index contributed by atoms with van der Waals surface area (Å²) in [6.07, 6.45) is 13.1. The lowest BCUT2D eigenvalue weighted by atomic mass is 9.42. The fourth-order valence-corrected chi connectivity index (χ4v) is 12.1. The molecule has 44 heavy (non-hydrogen) atoms. The Morgan fingerprint density at radius 1 is 0.886 bits per heavy atom. The topological polar surface area (TPSA) is 95.9 Å². The number of carbonyl (C=O) groups is 2. The molecule has 7 rings (SSSR count). The summed E-state index contributed by atoms with van der Waals surface area (Å²) in [6.45, 7) is 15.7. The summed E-state index contributed by atoms with van der Waals surface area (Å²) < 4.78 is 6.84. The number of rotatable bonds is 4. The first-order valence-electron chi connectivity index (χ1n) is 17.6. The molecule has 0 bridgehead atoms. The summed E-state index contributed by atoms with van der Waals surface area (Å²) in [5.74, 6) is 1.38. The van der Waals surface area contributed by atoms with Crippen molar-refractivity contribution in [1.82, 2.24) is 5.32 Å². The number of carbonyl (C=O) groups excluding carboxylic acids is 1. The minimum absolute atomic E-state index is 0.0510. The van der Waals surface area contributed by atoms with Crippen LogP contribution in [0.15, 0.2) is 30.3 Å². The molecule has 3 N–H and O–H groups in total. The molecule has 1 heterocycles. The van der Waals surface area contributed by atoms with Crippen molar-refractivity contribution in [2.45, 2.75) is 144 Å². The quantitative estimate of drug-likeness (QED) is 0.324. The van der Waals surface area contributed by atoms with Crippen molar-refractivity contribution in [2.75, 3.05) is 0 Å². The van der Waals surface area contributed by atoms with Crippen molar-refractivity contribution in [2.24, 2.45) is 44.8 Å². The summed E-state index contributed by atoms with van der Waals surface area (Å²) in [6, 6.07) is 10.2. The molecular formula is C38H59NO5. The van der Waals surface area contributed by atoms with Gasteiger partial charge in [0.1, 0.15) is 0 Å². The molecule has 1 saturated heterocycles. The van der Waals surface area contributed by atoms with Crippen LogP contribution >= 0.6 is 0 Å². The molecular weight excluding hydrogens is 550 g/mol. The van der Waals surface area contributed by atoms with Crippen LogP contribution in [0, 0.1) is 44.8 Å². The summed E-state index contributed by atoms with van der Waals surface area (Å²) in [5, 5.41) is 21.5. The molecule has 5 aliphatic carbocycles. The highest BCUT2D eigenvalue weighted by atomic mass is 16.5. The second kappa shape index (κ2) is 12.0. The van der Waals surface area contributed by atoms with E-state index in [1.807, 2.05) is 32.0 Å². The van der Waals surface area contributed by atoms with E-state index in [1.54, 1.807) is 0 Å². The van der Waals surface area contributed by atoms with Crippen molar-refractivity contribution in [1.29, 1.82) is 0 Å². The molecule has 6 heteroatoms. The predicted molar refractivity (Wildman–Crippen MR) is 174 cm³/mol. The third kappa shape index (κ3) is 5.14. The molecule has 1 aliphatic heterocycles. The lowest BCUT2D eigenvalue weighted by Gasteiger charge is -2.63. The van der Waals surface area contributed by atoms with Crippen LogP contribution in [0.25, 0.3) is 0 Å². The molecule has 5 saturated carbocycles. The number of aliphatic hydroxyl groups is 1. The van der Waals surface area contributed by atoms with Gasteiger partial charge < -0.3 is 20.3 Å². The van der Waals surface area contributed by atoms with Crippen LogP contribution in [0.1, 0.15) is 125 Å². The van der Waals surface area contributed by atoms with Crippen LogP contribution in [0.3, 0.4) is 0 Å². The number of amides is 1. The van der Waals surface area contributed by atoms with Crippen molar-refractivity contribution >= 4 is 11.9 Å². The Hall–Kier alpha value is -1.92. The van der Waals surface area contributed by atoms with Gasteiger partial charge in [0, 0.05) is 13.5 Å². The van der Waals surface area contributed by atoms with Crippen molar-refractivity contribution in [3.63, 3.8) is 0 Å². The van der Waals surface area contributed by atoms with Crippen LogP contribution in [-0.4, -0.2) is 40.4 Å². The maximum absolute atomic E-state index is 12.8. The van der Waals surface area contributed by atoms with E-state index in [1.165, 1.54) is 51.4 Å². The number of nitrogens with one attached hydrogen (secondary N) is 1. The number of aliphatic hydroxyl groups excluding tert-OH is 1. The Morgan fingerprint density at radius 2 is 1.52 bits per heavy atom. The third-order valence-corrected chi connectivity index (χ3v) is 14.2. The third-order valence-electron chi connectivity index (χ3n) is 14.2. The largest absolute Gasteiger partial charge is 0.481 e. The normalized spacial score (nSPS) is 43.9. The number of hydrogen-bond donors (Lipinski definition) is 3. The molecule has 0 aromatic heterocycles. The lowest BCUT2D eigenvalue weighted by molar-refractivity contribution is -0.161. The highest BCUT2D eigenvalue weighted by Gasteiger charge is 2.82. The van der Waals surface area contributed by atoms with Gasteiger partial charge >= 0.3 is 0 Å². The minimum Gasteiger partial charge on any atom is -0.481 e. The minimum atomic E-state index is -0.833. The van der Waals surface area contributed by atoms with Gasteiger partial charge in [0.25, 0.3) is 5.97 Å². The zero-order chi connectivity index (χ0) is 32.1. The van der Waals surface area contributed by atoms with Crippen molar-refractivity contribution in [3.05, 3.63) is 35.9 Å². The number of fused-ring (bicyclic) bond motifs is 4. The second-order valence-corrected chi connectivity index (χ2v) is 16.1. The van der Waals surface area contributed by atoms with Gasteiger partial charge in [-0.3, -0.25) is 9.59 Å². The van der Waals surface area contributed by atoms with Gasteiger partial charge in [0.2, 0.25) is 5.91 Å². The van der Waals surface area contributed by atoms with E-state index in [4.69, 9.17) is 14.6 Å². The number of hydrogen-bond acceptors (Lipinski definition) is 4. The van der Waals surface area contributed by atoms with Crippen LogP contribution in [-0.2, 0) is 20.9 Å².